The first kappa shape index (κ1) is 14.6. The Labute approximate surface area is 123 Å². The lowest BCUT2D eigenvalue weighted by molar-refractivity contribution is -0.116. The highest BCUT2D eigenvalue weighted by molar-refractivity contribution is 6.30. The molecule has 0 spiro atoms. The van der Waals surface area contributed by atoms with Gasteiger partial charge in [0.1, 0.15) is 5.76 Å². The summed E-state index contributed by atoms with van der Waals surface area (Å²) < 4.78 is 5.20. The van der Waals surface area contributed by atoms with Gasteiger partial charge in [-0.15, -0.1) is 0 Å². The molecule has 0 bridgehead atoms. The molecule has 106 valence electrons. The highest BCUT2D eigenvalue weighted by Gasteiger charge is 2.02. The molecule has 4 nitrogen and oxygen atoms in total. The molecule has 0 saturated heterocycles. The Kier molecular flexibility index (Phi) is 5.65. The van der Waals surface area contributed by atoms with Gasteiger partial charge in [0, 0.05) is 17.1 Å². The van der Waals surface area contributed by atoms with Gasteiger partial charge < -0.3 is 15.1 Å². The van der Waals surface area contributed by atoms with Crippen molar-refractivity contribution in [3.63, 3.8) is 0 Å². The first-order valence-corrected chi connectivity index (χ1v) is 6.90. The maximum Gasteiger partial charge on any atom is 0.224 e. The minimum Gasteiger partial charge on any atom is -0.468 e. The molecule has 0 radical (unpaired) electrons. The van der Waals surface area contributed by atoms with Crippen LogP contribution in [0.25, 0.3) is 0 Å². The van der Waals surface area contributed by atoms with Crippen LogP contribution in [-0.4, -0.2) is 12.5 Å². The number of carbonyl (C=O) groups excluding carboxylic acids is 1. The van der Waals surface area contributed by atoms with Gasteiger partial charge in [-0.25, -0.2) is 0 Å². The second-order valence-corrected chi connectivity index (χ2v) is 4.85. The van der Waals surface area contributed by atoms with Crippen molar-refractivity contribution in [2.24, 2.45) is 0 Å². The van der Waals surface area contributed by atoms with E-state index >= 15 is 0 Å². The molecule has 2 rings (SSSR count). The third kappa shape index (κ3) is 5.07. The van der Waals surface area contributed by atoms with Crippen molar-refractivity contribution in [1.82, 2.24) is 5.32 Å². The molecular formula is C15H17ClN2O2. The molecule has 1 heterocycles. The topological polar surface area (TPSA) is 54.3 Å². The minimum atomic E-state index is 0.00659. The number of halogens is 1. The molecule has 0 saturated carbocycles. The fourth-order valence-electron chi connectivity index (χ4n) is 1.76. The summed E-state index contributed by atoms with van der Waals surface area (Å²) in [7, 11) is 0. The van der Waals surface area contributed by atoms with Crippen molar-refractivity contribution in [3.8, 4) is 0 Å². The Morgan fingerprint density at radius 3 is 2.70 bits per heavy atom. The average Bonchev–Trinajstić information content (AvgIpc) is 2.94. The SMILES string of the molecule is O=C(CCCNCc1ccco1)Nc1ccc(Cl)cc1. The lowest BCUT2D eigenvalue weighted by Gasteiger charge is -2.05. The van der Waals surface area contributed by atoms with E-state index in [4.69, 9.17) is 16.0 Å². The van der Waals surface area contributed by atoms with Crippen molar-refractivity contribution in [1.29, 1.82) is 0 Å². The predicted molar refractivity (Wildman–Crippen MR) is 79.7 cm³/mol. The van der Waals surface area contributed by atoms with E-state index in [1.165, 1.54) is 0 Å². The second kappa shape index (κ2) is 7.72. The number of amides is 1. The van der Waals surface area contributed by atoms with E-state index in [0.717, 1.165) is 24.4 Å². The Morgan fingerprint density at radius 1 is 1.20 bits per heavy atom. The second-order valence-electron chi connectivity index (χ2n) is 4.41. The van der Waals surface area contributed by atoms with Crippen LogP contribution >= 0.6 is 11.6 Å². The van der Waals surface area contributed by atoms with Crippen LogP contribution in [0.1, 0.15) is 18.6 Å². The quantitative estimate of drug-likeness (QED) is 0.769. The van der Waals surface area contributed by atoms with Crippen LogP contribution in [0.5, 0.6) is 0 Å². The zero-order valence-corrected chi connectivity index (χ0v) is 11.8. The number of nitrogens with one attached hydrogen (secondary N) is 2. The summed E-state index contributed by atoms with van der Waals surface area (Å²) in [5.74, 6) is 0.905. The van der Waals surface area contributed by atoms with Crippen LogP contribution in [0.2, 0.25) is 5.02 Å². The van der Waals surface area contributed by atoms with Gasteiger partial charge in [0.05, 0.1) is 12.8 Å². The molecule has 0 unspecified atom stereocenters. The maximum atomic E-state index is 11.7. The Morgan fingerprint density at radius 2 is 2.00 bits per heavy atom. The zero-order chi connectivity index (χ0) is 14.2. The third-order valence-electron chi connectivity index (χ3n) is 2.76. The number of carbonyl (C=O) groups is 1. The molecule has 0 fully saturated rings. The highest BCUT2D eigenvalue weighted by atomic mass is 35.5. The molecule has 1 amide bonds. The van der Waals surface area contributed by atoms with E-state index < -0.39 is 0 Å². The van der Waals surface area contributed by atoms with Gasteiger partial charge in [-0.3, -0.25) is 4.79 Å². The molecule has 2 N–H and O–H groups in total. The van der Waals surface area contributed by atoms with Crippen LogP contribution in [-0.2, 0) is 11.3 Å². The van der Waals surface area contributed by atoms with Gasteiger partial charge in [0.15, 0.2) is 0 Å². The van der Waals surface area contributed by atoms with Gasteiger partial charge >= 0.3 is 0 Å². The van der Waals surface area contributed by atoms with Crippen LogP contribution in [0.15, 0.2) is 47.1 Å². The summed E-state index contributed by atoms with van der Waals surface area (Å²) in [5, 5.41) is 6.71. The number of rotatable bonds is 7. The fourth-order valence-corrected chi connectivity index (χ4v) is 1.88. The van der Waals surface area contributed by atoms with Gasteiger partial charge in [0.25, 0.3) is 0 Å². The Balaban J connectivity index is 1.59. The van der Waals surface area contributed by atoms with E-state index in [9.17, 15) is 4.79 Å². The minimum absolute atomic E-state index is 0.00659. The molecule has 20 heavy (non-hydrogen) atoms. The summed E-state index contributed by atoms with van der Waals surface area (Å²) in [6, 6.07) is 10.9. The van der Waals surface area contributed by atoms with Crippen molar-refractivity contribution < 1.29 is 9.21 Å². The van der Waals surface area contributed by atoms with Crippen molar-refractivity contribution in [2.45, 2.75) is 19.4 Å². The Bertz CT molecular complexity index is 523. The molecule has 5 heteroatoms. The first-order chi connectivity index (χ1) is 9.74. The van der Waals surface area contributed by atoms with E-state index in [0.29, 0.717) is 18.0 Å². The van der Waals surface area contributed by atoms with Crippen molar-refractivity contribution in [2.75, 3.05) is 11.9 Å². The molecule has 1 aromatic heterocycles. The molecule has 0 aliphatic rings. The summed E-state index contributed by atoms with van der Waals surface area (Å²) in [5.41, 5.74) is 0.767. The number of hydrogen-bond donors (Lipinski definition) is 2. The fraction of sp³-hybridized carbons (Fsp3) is 0.267. The van der Waals surface area contributed by atoms with E-state index in [1.807, 2.05) is 12.1 Å². The first-order valence-electron chi connectivity index (χ1n) is 6.52. The summed E-state index contributed by atoms with van der Waals surface area (Å²) in [4.78, 5) is 11.7. The third-order valence-corrected chi connectivity index (χ3v) is 3.02. The summed E-state index contributed by atoms with van der Waals surface area (Å²) in [6.07, 6.45) is 2.91. The van der Waals surface area contributed by atoms with Gasteiger partial charge in [-0.2, -0.15) is 0 Å². The molecule has 0 aliphatic heterocycles. The van der Waals surface area contributed by atoms with Crippen LogP contribution in [0, 0.1) is 0 Å². The smallest absolute Gasteiger partial charge is 0.224 e. The zero-order valence-electron chi connectivity index (χ0n) is 11.1. The Hall–Kier alpha value is -1.78. The van der Waals surface area contributed by atoms with E-state index in [-0.39, 0.29) is 5.91 Å². The molecule has 2 aromatic rings. The highest BCUT2D eigenvalue weighted by Crippen LogP contribution is 2.13. The average molecular weight is 293 g/mol. The number of furan rings is 1. The number of benzene rings is 1. The number of hydrogen-bond acceptors (Lipinski definition) is 3. The summed E-state index contributed by atoms with van der Waals surface area (Å²) >= 11 is 5.78. The largest absolute Gasteiger partial charge is 0.468 e. The van der Waals surface area contributed by atoms with Crippen LogP contribution < -0.4 is 10.6 Å². The lowest BCUT2D eigenvalue weighted by atomic mass is 10.2. The van der Waals surface area contributed by atoms with Crippen molar-refractivity contribution in [3.05, 3.63) is 53.4 Å². The summed E-state index contributed by atoms with van der Waals surface area (Å²) in [6.45, 7) is 1.46. The van der Waals surface area contributed by atoms with E-state index in [1.54, 1.807) is 30.5 Å². The standard InChI is InChI=1S/C15H17ClN2O2/c16-12-5-7-13(8-6-12)18-15(19)4-1-9-17-11-14-3-2-10-20-14/h2-3,5-8,10,17H,1,4,9,11H2,(H,18,19). The monoisotopic (exact) mass is 292 g/mol. The molecule has 0 aliphatic carbocycles. The normalized spacial score (nSPS) is 10.4. The number of anilines is 1. The van der Waals surface area contributed by atoms with Gasteiger partial charge in [0.2, 0.25) is 5.91 Å². The lowest BCUT2D eigenvalue weighted by Crippen LogP contribution is -2.17. The van der Waals surface area contributed by atoms with Crippen LogP contribution in [0.3, 0.4) is 0 Å². The molecule has 1 aromatic carbocycles. The van der Waals surface area contributed by atoms with Gasteiger partial charge in [-0.1, -0.05) is 11.6 Å². The van der Waals surface area contributed by atoms with Gasteiger partial charge in [-0.05, 0) is 49.4 Å². The van der Waals surface area contributed by atoms with E-state index in [2.05, 4.69) is 10.6 Å². The molecule has 0 atom stereocenters. The molecular weight excluding hydrogens is 276 g/mol. The van der Waals surface area contributed by atoms with Crippen LogP contribution in [0.4, 0.5) is 5.69 Å². The predicted octanol–water partition coefficient (Wildman–Crippen LogP) is 3.44. The maximum absolute atomic E-state index is 11.7. The van der Waals surface area contributed by atoms with Crippen molar-refractivity contribution >= 4 is 23.2 Å².